The molecular formula is C31H29N3O6. The number of ether oxygens (including phenoxy) is 1. The van der Waals surface area contributed by atoms with Gasteiger partial charge in [0, 0.05) is 11.3 Å². The van der Waals surface area contributed by atoms with E-state index in [1.807, 2.05) is 72.8 Å². The second kappa shape index (κ2) is 13.1. The van der Waals surface area contributed by atoms with Gasteiger partial charge in [0.15, 0.2) is 0 Å². The van der Waals surface area contributed by atoms with Gasteiger partial charge in [-0.15, -0.1) is 0 Å². The predicted octanol–water partition coefficient (Wildman–Crippen LogP) is 3.91. The zero-order chi connectivity index (χ0) is 28.5. The summed E-state index contributed by atoms with van der Waals surface area (Å²) in [6.07, 6.45) is 0.968. The van der Waals surface area contributed by atoms with E-state index < -0.39 is 36.5 Å². The molecule has 3 aromatic carbocycles. The fourth-order valence-corrected chi connectivity index (χ4v) is 4.40. The Bertz CT molecular complexity index is 1420. The van der Waals surface area contributed by atoms with E-state index in [1.54, 1.807) is 18.2 Å². The van der Waals surface area contributed by atoms with E-state index in [1.165, 1.54) is 4.90 Å². The molecule has 1 aliphatic heterocycles. The predicted molar refractivity (Wildman–Crippen MR) is 150 cm³/mol. The van der Waals surface area contributed by atoms with Crippen LogP contribution < -0.4 is 15.5 Å². The first-order chi connectivity index (χ1) is 19.4. The van der Waals surface area contributed by atoms with E-state index >= 15 is 0 Å². The number of para-hydroxylation sites is 1. The molecule has 2 atom stereocenters. The molecule has 0 saturated heterocycles. The first-order valence-corrected chi connectivity index (χ1v) is 12.6. The van der Waals surface area contributed by atoms with Crippen LogP contribution in [0.15, 0.2) is 103 Å². The summed E-state index contributed by atoms with van der Waals surface area (Å²) in [5, 5.41) is 14.5. The molecule has 0 aliphatic carbocycles. The molecule has 0 aromatic heterocycles. The highest BCUT2D eigenvalue weighted by atomic mass is 16.5. The number of amides is 2. The third kappa shape index (κ3) is 7.02. The minimum absolute atomic E-state index is 0.0319. The molecule has 9 heteroatoms. The molecule has 1 heterocycles. The number of fused-ring (bicyclic) bond motifs is 1. The summed E-state index contributed by atoms with van der Waals surface area (Å²) >= 11 is 0. The largest absolute Gasteiger partial charge is 0.481 e. The number of hydrogen-bond donors (Lipinski definition) is 3. The number of hydrogen-bond acceptors (Lipinski definition) is 6. The minimum Gasteiger partial charge on any atom is -0.481 e. The number of carbonyl (C=O) groups excluding carboxylic acids is 3. The number of carboxylic acid groups (broad SMARTS) is 1. The van der Waals surface area contributed by atoms with Gasteiger partial charge in [-0.3, -0.25) is 9.59 Å². The Morgan fingerprint density at radius 1 is 1.00 bits per heavy atom. The van der Waals surface area contributed by atoms with E-state index in [-0.39, 0.29) is 18.8 Å². The molecule has 3 N–H and O–H groups in total. The van der Waals surface area contributed by atoms with E-state index in [9.17, 15) is 19.2 Å². The van der Waals surface area contributed by atoms with Gasteiger partial charge in [0.2, 0.25) is 0 Å². The Balaban J connectivity index is 1.65. The van der Waals surface area contributed by atoms with Crippen molar-refractivity contribution in [3.05, 3.63) is 120 Å². The Morgan fingerprint density at radius 3 is 2.33 bits per heavy atom. The van der Waals surface area contributed by atoms with Crippen LogP contribution in [-0.4, -0.2) is 48.0 Å². The molecule has 0 bridgehead atoms. The number of rotatable bonds is 11. The van der Waals surface area contributed by atoms with E-state index in [2.05, 4.69) is 17.2 Å². The molecule has 204 valence electrons. The topological polar surface area (TPSA) is 125 Å². The Hall–Kier alpha value is -5.18. The quantitative estimate of drug-likeness (QED) is 0.316. The average Bonchev–Trinajstić information content (AvgIpc) is 3.07. The lowest BCUT2D eigenvalue weighted by molar-refractivity contribution is -0.138. The molecule has 0 saturated carbocycles. The van der Waals surface area contributed by atoms with Crippen molar-refractivity contribution in [1.29, 1.82) is 0 Å². The highest BCUT2D eigenvalue weighted by Gasteiger charge is 2.32. The van der Waals surface area contributed by atoms with Crippen LogP contribution in [0.3, 0.4) is 0 Å². The van der Waals surface area contributed by atoms with Crippen LogP contribution >= 0.6 is 0 Å². The summed E-state index contributed by atoms with van der Waals surface area (Å²) in [6.45, 7) is 3.88. The SMILES string of the molecule is C=C(CN1C(=O)C(NC(=O)OCc2ccccc2)C=C(c2ccccc2)c2ccccc21)NC(C=O)CC(=O)O. The molecule has 2 amide bonds. The Labute approximate surface area is 231 Å². The highest BCUT2D eigenvalue weighted by Crippen LogP contribution is 2.35. The monoisotopic (exact) mass is 539 g/mol. The number of nitrogens with zero attached hydrogens (tertiary/aromatic N) is 1. The van der Waals surface area contributed by atoms with Crippen molar-refractivity contribution in [3.63, 3.8) is 0 Å². The number of anilines is 1. The van der Waals surface area contributed by atoms with Crippen LogP contribution in [0.5, 0.6) is 0 Å². The van der Waals surface area contributed by atoms with Crippen LogP contribution in [-0.2, 0) is 25.7 Å². The van der Waals surface area contributed by atoms with Gasteiger partial charge in [-0.2, -0.15) is 0 Å². The van der Waals surface area contributed by atoms with Gasteiger partial charge in [-0.05, 0) is 28.8 Å². The van der Waals surface area contributed by atoms with E-state index in [4.69, 9.17) is 9.84 Å². The zero-order valence-electron chi connectivity index (χ0n) is 21.7. The third-order valence-corrected chi connectivity index (χ3v) is 6.22. The molecule has 3 aromatic rings. The minimum atomic E-state index is -1.15. The van der Waals surface area contributed by atoms with Gasteiger partial charge in [-0.25, -0.2) is 4.79 Å². The summed E-state index contributed by atoms with van der Waals surface area (Å²) < 4.78 is 5.38. The van der Waals surface area contributed by atoms with Gasteiger partial charge >= 0.3 is 12.1 Å². The molecule has 4 rings (SSSR count). The van der Waals surface area contributed by atoms with Crippen molar-refractivity contribution in [3.8, 4) is 0 Å². The van der Waals surface area contributed by atoms with Crippen molar-refractivity contribution in [2.45, 2.75) is 25.1 Å². The molecule has 0 spiro atoms. The fourth-order valence-electron chi connectivity index (χ4n) is 4.40. The van der Waals surface area contributed by atoms with Gasteiger partial charge in [0.1, 0.15) is 18.9 Å². The van der Waals surface area contributed by atoms with Gasteiger partial charge in [-0.1, -0.05) is 85.4 Å². The molecule has 40 heavy (non-hydrogen) atoms. The second-order valence-electron chi connectivity index (χ2n) is 9.16. The second-order valence-corrected chi connectivity index (χ2v) is 9.16. The zero-order valence-corrected chi connectivity index (χ0v) is 21.7. The number of carbonyl (C=O) groups is 4. The van der Waals surface area contributed by atoms with Crippen LogP contribution in [0.2, 0.25) is 0 Å². The first kappa shape index (κ1) is 27.8. The molecular weight excluding hydrogens is 510 g/mol. The normalized spacial score (nSPS) is 15.1. The smallest absolute Gasteiger partial charge is 0.408 e. The van der Waals surface area contributed by atoms with Crippen LogP contribution in [0.1, 0.15) is 23.1 Å². The summed E-state index contributed by atoms with van der Waals surface area (Å²) in [5.74, 6) is -1.61. The number of carboxylic acids is 1. The number of nitrogens with one attached hydrogen (secondary N) is 2. The lowest BCUT2D eigenvalue weighted by Crippen LogP contribution is -2.49. The van der Waals surface area contributed by atoms with Crippen LogP contribution in [0, 0.1) is 0 Å². The first-order valence-electron chi connectivity index (χ1n) is 12.6. The Morgan fingerprint density at radius 2 is 1.65 bits per heavy atom. The van der Waals surface area contributed by atoms with Gasteiger partial charge < -0.3 is 30.2 Å². The van der Waals surface area contributed by atoms with E-state index in [0.717, 1.165) is 22.3 Å². The maximum Gasteiger partial charge on any atom is 0.408 e. The van der Waals surface area contributed by atoms with Crippen molar-refractivity contribution >= 4 is 35.5 Å². The van der Waals surface area contributed by atoms with Crippen molar-refractivity contribution in [2.75, 3.05) is 11.4 Å². The number of alkyl carbamates (subject to hydrolysis) is 1. The number of aldehydes is 1. The van der Waals surface area contributed by atoms with Crippen LogP contribution in [0.4, 0.5) is 10.5 Å². The summed E-state index contributed by atoms with van der Waals surface area (Å²) in [7, 11) is 0. The van der Waals surface area contributed by atoms with Gasteiger partial charge in [0.25, 0.3) is 5.91 Å². The maximum absolute atomic E-state index is 13.9. The van der Waals surface area contributed by atoms with Crippen molar-refractivity contribution < 1.29 is 29.0 Å². The number of benzene rings is 3. The lowest BCUT2D eigenvalue weighted by Gasteiger charge is -2.28. The summed E-state index contributed by atoms with van der Waals surface area (Å²) in [5.41, 5.74) is 3.94. The van der Waals surface area contributed by atoms with Gasteiger partial charge in [0.05, 0.1) is 24.7 Å². The van der Waals surface area contributed by atoms with Crippen molar-refractivity contribution in [1.82, 2.24) is 10.6 Å². The molecule has 9 nitrogen and oxygen atoms in total. The molecule has 0 radical (unpaired) electrons. The summed E-state index contributed by atoms with van der Waals surface area (Å²) in [6, 6.07) is 23.8. The third-order valence-electron chi connectivity index (χ3n) is 6.22. The molecule has 1 aliphatic rings. The highest BCUT2D eigenvalue weighted by molar-refractivity contribution is 6.07. The molecule has 0 fully saturated rings. The molecule has 2 unspecified atom stereocenters. The van der Waals surface area contributed by atoms with Crippen LogP contribution in [0.25, 0.3) is 5.57 Å². The summed E-state index contributed by atoms with van der Waals surface area (Å²) in [4.78, 5) is 50.7. The standard InChI is InChI=1S/C31H29N3O6/c1-21(32-24(19-35)16-29(36)37)18-34-28-15-9-8-14-25(28)26(23-12-6-3-7-13-23)17-27(30(34)38)33-31(39)40-20-22-10-4-2-5-11-22/h2-15,17,19,24,27,32H,1,16,18,20H2,(H,33,39)(H,36,37). The van der Waals surface area contributed by atoms with E-state index in [0.29, 0.717) is 12.0 Å². The van der Waals surface area contributed by atoms with Crippen molar-refractivity contribution in [2.24, 2.45) is 0 Å². The number of aliphatic carboxylic acids is 1. The fraction of sp³-hybridized carbons (Fsp3) is 0.161. The maximum atomic E-state index is 13.9. The lowest BCUT2D eigenvalue weighted by atomic mass is 9.95. The average molecular weight is 540 g/mol. The Kier molecular flexibility index (Phi) is 9.09.